The highest BCUT2D eigenvalue weighted by Crippen LogP contribution is 2.37. The summed E-state index contributed by atoms with van der Waals surface area (Å²) in [5.41, 5.74) is 12.7. The number of hydrogen-bond donors (Lipinski definition) is 0. The smallest absolute Gasteiger partial charge is 0.141 e. The van der Waals surface area contributed by atoms with Crippen molar-refractivity contribution in [2.75, 3.05) is 0 Å². The molecule has 0 amide bonds. The van der Waals surface area contributed by atoms with Gasteiger partial charge in [0.05, 0.1) is 11.0 Å². The third-order valence-corrected chi connectivity index (χ3v) is 8.63. The zero-order chi connectivity index (χ0) is 31.7. The highest BCUT2D eigenvalue weighted by molar-refractivity contribution is 6.11. The lowest BCUT2D eigenvalue weighted by Gasteiger charge is -2.10. The molecule has 8 rings (SSSR count). The van der Waals surface area contributed by atoms with Crippen molar-refractivity contribution in [3.63, 3.8) is 0 Å². The van der Waals surface area contributed by atoms with Crippen LogP contribution in [0.5, 0.6) is 0 Å². The number of nitrogens with zero attached hydrogens (tertiary/aromatic N) is 5. The number of rotatable bonds is 5. The molecule has 0 unspecified atom stereocenters. The number of pyridine rings is 2. The first-order valence-electron chi connectivity index (χ1n) is 15.3. The first-order valence-corrected chi connectivity index (χ1v) is 15.3. The van der Waals surface area contributed by atoms with Crippen molar-refractivity contribution < 1.29 is 0 Å². The highest BCUT2D eigenvalue weighted by atomic mass is 15.0. The molecular formula is C42H25N5. The lowest BCUT2D eigenvalue weighted by atomic mass is 9.98. The first kappa shape index (κ1) is 27.7. The van der Waals surface area contributed by atoms with E-state index < -0.39 is 0 Å². The Morgan fingerprint density at radius 3 is 1.19 bits per heavy atom. The first-order chi connectivity index (χ1) is 23.2. The van der Waals surface area contributed by atoms with Gasteiger partial charge in [-0.3, -0.25) is 0 Å². The Hall–Kier alpha value is -6.82. The predicted molar refractivity (Wildman–Crippen MR) is 188 cm³/mol. The van der Waals surface area contributed by atoms with Crippen molar-refractivity contribution in [2.45, 2.75) is 0 Å². The fraction of sp³-hybridized carbons (Fsp3) is 0. The van der Waals surface area contributed by atoms with E-state index in [0.29, 0.717) is 11.4 Å². The SMILES string of the molecule is N#Cc1cc(-c2ccc(-c3ccc4c5ccc(-c6ccc(-c7ccnc(C#N)c7)cc6)cc5n(-c5ccccc5)c4c3)cc2)ccn1. The molecule has 0 radical (unpaired) electrons. The molecule has 5 aromatic carbocycles. The molecule has 0 saturated carbocycles. The minimum atomic E-state index is 0.408. The van der Waals surface area contributed by atoms with Gasteiger partial charge in [0.25, 0.3) is 0 Å². The second-order valence-corrected chi connectivity index (χ2v) is 11.4. The molecule has 47 heavy (non-hydrogen) atoms. The Balaban J connectivity index is 1.21. The van der Waals surface area contributed by atoms with Crippen LogP contribution in [-0.2, 0) is 0 Å². The van der Waals surface area contributed by atoms with Crippen LogP contribution in [0.2, 0.25) is 0 Å². The quantitative estimate of drug-likeness (QED) is 0.197. The molecule has 0 aliphatic heterocycles. The Morgan fingerprint density at radius 2 is 0.787 bits per heavy atom. The lowest BCUT2D eigenvalue weighted by molar-refractivity contribution is 1.18. The van der Waals surface area contributed by atoms with Crippen molar-refractivity contribution in [1.82, 2.24) is 14.5 Å². The number of benzene rings is 5. The molecule has 0 bridgehead atoms. The van der Waals surface area contributed by atoms with Crippen molar-refractivity contribution >= 4 is 21.8 Å². The third-order valence-electron chi connectivity index (χ3n) is 8.63. The molecule has 0 aliphatic rings. The average molecular weight is 600 g/mol. The number of nitriles is 2. The summed E-state index contributed by atoms with van der Waals surface area (Å²) >= 11 is 0. The van der Waals surface area contributed by atoms with Gasteiger partial charge in [-0.2, -0.15) is 10.5 Å². The van der Waals surface area contributed by atoms with Crippen molar-refractivity contribution in [3.8, 4) is 62.3 Å². The van der Waals surface area contributed by atoms with Crippen LogP contribution in [0.1, 0.15) is 11.4 Å². The van der Waals surface area contributed by atoms with Crippen molar-refractivity contribution in [1.29, 1.82) is 10.5 Å². The molecule has 3 heterocycles. The second kappa shape index (κ2) is 11.6. The molecule has 0 fully saturated rings. The standard InChI is InChI=1S/C42H25N5/c43-26-36-22-34(18-20-45-36)30-10-6-28(7-11-30)32-14-16-39-40-17-15-33(25-42(40)47(41(39)24-32)38-4-2-1-3-5-38)29-8-12-31(13-9-29)35-19-21-46-37(23-35)27-44/h1-25H. The van der Waals surface area contributed by atoms with Crippen LogP contribution in [0.15, 0.2) is 152 Å². The summed E-state index contributed by atoms with van der Waals surface area (Å²) in [5, 5.41) is 20.9. The largest absolute Gasteiger partial charge is 0.309 e. The monoisotopic (exact) mass is 599 g/mol. The molecule has 0 saturated heterocycles. The number of hydrogen-bond acceptors (Lipinski definition) is 4. The zero-order valence-electron chi connectivity index (χ0n) is 25.2. The van der Waals surface area contributed by atoms with Crippen molar-refractivity contribution in [3.05, 3.63) is 163 Å². The van der Waals surface area contributed by atoms with Crippen molar-refractivity contribution in [2.24, 2.45) is 0 Å². The molecule has 218 valence electrons. The van der Waals surface area contributed by atoms with E-state index in [9.17, 15) is 10.5 Å². The molecule has 0 N–H and O–H groups in total. The summed E-state index contributed by atoms with van der Waals surface area (Å²) in [4.78, 5) is 8.19. The molecule has 3 aromatic heterocycles. The van der Waals surface area contributed by atoms with E-state index >= 15 is 0 Å². The maximum atomic E-state index is 9.26. The summed E-state index contributed by atoms with van der Waals surface area (Å²) < 4.78 is 2.35. The maximum Gasteiger partial charge on any atom is 0.141 e. The molecule has 0 atom stereocenters. The van der Waals surface area contributed by atoms with Crippen LogP contribution in [-0.4, -0.2) is 14.5 Å². The average Bonchev–Trinajstić information content (AvgIpc) is 3.48. The summed E-state index contributed by atoms with van der Waals surface area (Å²) in [7, 11) is 0. The van der Waals surface area contributed by atoms with Gasteiger partial charge < -0.3 is 4.57 Å². The van der Waals surface area contributed by atoms with Crippen LogP contribution < -0.4 is 0 Å². The number of aromatic nitrogens is 3. The van der Waals surface area contributed by atoms with Gasteiger partial charge in [-0.25, -0.2) is 9.97 Å². The maximum absolute atomic E-state index is 9.26. The normalized spacial score (nSPS) is 10.9. The van der Waals surface area contributed by atoms with Gasteiger partial charge in [0.2, 0.25) is 0 Å². The predicted octanol–water partition coefficient (Wildman–Crippen LogP) is 9.99. The molecule has 8 aromatic rings. The van der Waals surface area contributed by atoms with Crippen LogP contribution in [0, 0.1) is 22.7 Å². The minimum Gasteiger partial charge on any atom is -0.309 e. The fourth-order valence-electron chi connectivity index (χ4n) is 6.29. The van der Waals surface area contributed by atoms with E-state index in [-0.39, 0.29) is 0 Å². The summed E-state index contributed by atoms with van der Waals surface area (Å²) in [5.74, 6) is 0. The second-order valence-electron chi connectivity index (χ2n) is 11.4. The number of fused-ring (bicyclic) bond motifs is 3. The van der Waals surface area contributed by atoms with E-state index in [1.54, 1.807) is 12.4 Å². The Morgan fingerprint density at radius 1 is 0.404 bits per heavy atom. The van der Waals surface area contributed by atoms with Gasteiger partial charge in [-0.15, -0.1) is 0 Å². The van der Waals surface area contributed by atoms with Gasteiger partial charge in [0.15, 0.2) is 0 Å². The molecule has 5 heteroatoms. The van der Waals surface area contributed by atoms with E-state index in [1.165, 1.54) is 10.8 Å². The van der Waals surface area contributed by atoms with Gasteiger partial charge in [0, 0.05) is 28.9 Å². The van der Waals surface area contributed by atoms with E-state index in [1.807, 2.05) is 30.3 Å². The minimum absolute atomic E-state index is 0.408. The summed E-state index contributed by atoms with van der Waals surface area (Å²) in [6.07, 6.45) is 3.35. The topological polar surface area (TPSA) is 78.3 Å². The Kier molecular flexibility index (Phi) is 6.84. The fourth-order valence-corrected chi connectivity index (χ4v) is 6.29. The Labute approximate surface area is 271 Å². The van der Waals surface area contributed by atoms with Gasteiger partial charge >= 0.3 is 0 Å². The van der Waals surface area contributed by atoms with Crippen LogP contribution in [0.25, 0.3) is 72.0 Å². The Bertz CT molecular complexity index is 2360. The van der Waals surface area contributed by atoms with Gasteiger partial charge in [-0.05, 0) is 93.0 Å². The van der Waals surface area contributed by atoms with Crippen LogP contribution in [0.3, 0.4) is 0 Å². The summed E-state index contributed by atoms with van der Waals surface area (Å²) in [6.45, 7) is 0. The molecule has 0 spiro atoms. The van der Waals surface area contributed by atoms with Gasteiger partial charge in [-0.1, -0.05) is 91.0 Å². The molecule has 5 nitrogen and oxygen atoms in total. The lowest BCUT2D eigenvalue weighted by Crippen LogP contribution is -1.94. The third kappa shape index (κ3) is 5.09. The van der Waals surface area contributed by atoms with Crippen LogP contribution >= 0.6 is 0 Å². The number of para-hydroxylation sites is 1. The van der Waals surface area contributed by atoms with Gasteiger partial charge in [0.1, 0.15) is 23.5 Å². The molecule has 0 aliphatic carbocycles. The molecular weight excluding hydrogens is 574 g/mol. The van der Waals surface area contributed by atoms with E-state index in [2.05, 4.69) is 136 Å². The highest BCUT2D eigenvalue weighted by Gasteiger charge is 2.15. The zero-order valence-corrected chi connectivity index (χ0v) is 25.2. The van der Waals surface area contributed by atoms with Crippen LogP contribution in [0.4, 0.5) is 0 Å². The summed E-state index contributed by atoms with van der Waals surface area (Å²) in [6, 6.07) is 52.5. The van der Waals surface area contributed by atoms with E-state index in [4.69, 9.17) is 0 Å². The van der Waals surface area contributed by atoms with E-state index in [0.717, 1.165) is 61.2 Å².